The minimum absolute atomic E-state index is 0.225. The molecule has 7 heteroatoms. The lowest BCUT2D eigenvalue weighted by atomic mass is 10.1. The van der Waals surface area contributed by atoms with Gasteiger partial charge in [0.15, 0.2) is 0 Å². The molecule has 0 radical (unpaired) electrons. The molecule has 1 amide bonds. The van der Waals surface area contributed by atoms with Crippen molar-refractivity contribution in [2.24, 2.45) is 0 Å². The lowest BCUT2D eigenvalue weighted by Gasteiger charge is -2.34. The zero-order valence-corrected chi connectivity index (χ0v) is 17.4. The molecule has 0 saturated carbocycles. The Morgan fingerprint density at radius 1 is 1.04 bits per heavy atom. The number of carbonyl (C=O) groups excluding carboxylic acids is 1. The number of amides is 1. The molecule has 1 fully saturated rings. The van der Waals surface area contributed by atoms with Gasteiger partial charge in [0.1, 0.15) is 0 Å². The maximum Gasteiger partial charge on any atom is 0.243 e. The maximum absolute atomic E-state index is 13.2. The van der Waals surface area contributed by atoms with Crippen LogP contribution in [0.25, 0.3) is 0 Å². The number of benzene rings is 2. The van der Waals surface area contributed by atoms with E-state index in [9.17, 15) is 13.2 Å². The summed E-state index contributed by atoms with van der Waals surface area (Å²) in [7, 11) is -3.60. The zero-order chi connectivity index (χ0) is 20.3. The molecule has 0 atom stereocenters. The van der Waals surface area contributed by atoms with Crippen LogP contribution in [-0.4, -0.2) is 49.7 Å². The average Bonchev–Trinajstić information content (AvgIpc) is 2.63. The maximum atomic E-state index is 13.2. The van der Waals surface area contributed by atoms with E-state index in [4.69, 9.17) is 0 Å². The first kappa shape index (κ1) is 20.5. The third-order valence-electron chi connectivity index (χ3n) is 4.95. The molecule has 0 aromatic heterocycles. The van der Waals surface area contributed by atoms with Crippen LogP contribution >= 0.6 is 0 Å². The minimum Gasteiger partial charge on any atom is -0.326 e. The van der Waals surface area contributed by atoms with Crippen LogP contribution in [0, 0.1) is 13.8 Å². The minimum atomic E-state index is -3.60. The first-order valence-corrected chi connectivity index (χ1v) is 10.9. The van der Waals surface area contributed by atoms with E-state index in [-0.39, 0.29) is 10.8 Å². The molecule has 1 N–H and O–H groups in total. The second-order valence-corrected chi connectivity index (χ2v) is 9.24. The molecule has 1 heterocycles. The summed E-state index contributed by atoms with van der Waals surface area (Å²) in [5.41, 5.74) is 3.65. The molecule has 0 bridgehead atoms. The van der Waals surface area contributed by atoms with Crippen LogP contribution in [0.4, 0.5) is 5.69 Å². The Morgan fingerprint density at radius 2 is 1.75 bits per heavy atom. The first-order valence-electron chi connectivity index (χ1n) is 9.42. The van der Waals surface area contributed by atoms with E-state index in [2.05, 4.69) is 41.4 Å². The Hall–Kier alpha value is -2.22. The Balaban J connectivity index is 1.70. The predicted octanol–water partition coefficient (Wildman–Crippen LogP) is 2.77. The van der Waals surface area contributed by atoms with Crippen molar-refractivity contribution in [2.75, 3.05) is 31.5 Å². The lowest BCUT2D eigenvalue weighted by molar-refractivity contribution is -0.114. The van der Waals surface area contributed by atoms with Gasteiger partial charge in [-0.25, -0.2) is 8.42 Å². The summed E-state index contributed by atoms with van der Waals surface area (Å²) in [6, 6.07) is 13.4. The van der Waals surface area contributed by atoms with E-state index >= 15 is 0 Å². The first-order chi connectivity index (χ1) is 13.3. The Morgan fingerprint density at radius 3 is 2.39 bits per heavy atom. The monoisotopic (exact) mass is 401 g/mol. The standard InChI is InChI=1S/C21H27N3O3S/c1-16-5-4-6-19(13-16)15-23-9-11-24(12-10-23)28(26,27)21-14-20(22-18(3)25)8-7-17(21)2/h4-8,13-14H,9-12,15H2,1-3H3,(H,22,25). The van der Waals surface area contributed by atoms with Crippen molar-refractivity contribution in [1.82, 2.24) is 9.21 Å². The Labute approximate surface area is 167 Å². The van der Waals surface area contributed by atoms with Crippen LogP contribution in [0.5, 0.6) is 0 Å². The molecule has 2 aromatic carbocycles. The largest absolute Gasteiger partial charge is 0.326 e. The second-order valence-electron chi connectivity index (χ2n) is 7.33. The van der Waals surface area contributed by atoms with Gasteiger partial charge in [-0.05, 0) is 37.1 Å². The third kappa shape index (κ3) is 4.79. The van der Waals surface area contributed by atoms with Gasteiger partial charge in [0.05, 0.1) is 4.90 Å². The fourth-order valence-corrected chi connectivity index (χ4v) is 5.17. The molecule has 0 unspecified atom stereocenters. The van der Waals surface area contributed by atoms with Gasteiger partial charge in [0.2, 0.25) is 15.9 Å². The van der Waals surface area contributed by atoms with Crippen LogP contribution in [0.15, 0.2) is 47.4 Å². The van der Waals surface area contributed by atoms with Gasteiger partial charge in [0, 0.05) is 45.3 Å². The normalized spacial score (nSPS) is 16.1. The van der Waals surface area contributed by atoms with Crippen molar-refractivity contribution in [3.63, 3.8) is 0 Å². The van der Waals surface area contributed by atoms with E-state index in [1.165, 1.54) is 18.1 Å². The fourth-order valence-electron chi connectivity index (χ4n) is 3.49. The molecular formula is C21H27N3O3S. The number of aryl methyl sites for hydroxylation is 2. The summed E-state index contributed by atoms with van der Waals surface area (Å²) in [6.45, 7) is 8.38. The molecular weight excluding hydrogens is 374 g/mol. The highest BCUT2D eigenvalue weighted by molar-refractivity contribution is 7.89. The van der Waals surface area contributed by atoms with Crippen LogP contribution in [-0.2, 0) is 21.4 Å². The van der Waals surface area contributed by atoms with Gasteiger partial charge in [-0.3, -0.25) is 9.69 Å². The lowest BCUT2D eigenvalue weighted by Crippen LogP contribution is -2.48. The van der Waals surface area contributed by atoms with E-state index in [0.29, 0.717) is 37.4 Å². The third-order valence-corrected chi connectivity index (χ3v) is 6.99. The van der Waals surface area contributed by atoms with Crippen LogP contribution < -0.4 is 5.32 Å². The summed E-state index contributed by atoms with van der Waals surface area (Å²) in [5.74, 6) is -0.225. The predicted molar refractivity (Wildman–Crippen MR) is 111 cm³/mol. The highest BCUT2D eigenvalue weighted by Crippen LogP contribution is 2.25. The smallest absolute Gasteiger partial charge is 0.243 e. The number of hydrogen-bond acceptors (Lipinski definition) is 4. The Bertz CT molecular complexity index is 965. The van der Waals surface area contributed by atoms with Gasteiger partial charge in [-0.1, -0.05) is 35.9 Å². The van der Waals surface area contributed by atoms with E-state index in [1.54, 1.807) is 29.4 Å². The molecule has 1 aliphatic rings. The molecule has 6 nitrogen and oxygen atoms in total. The van der Waals surface area contributed by atoms with Gasteiger partial charge < -0.3 is 5.32 Å². The van der Waals surface area contributed by atoms with Crippen molar-refractivity contribution in [3.05, 3.63) is 59.2 Å². The highest BCUT2D eigenvalue weighted by Gasteiger charge is 2.29. The number of carbonyl (C=O) groups is 1. The summed E-state index contributed by atoms with van der Waals surface area (Å²) in [6.07, 6.45) is 0. The topological polar surface area (TPSA) is 69.7 Å². The van der Waals surface area contributed by atoms with Gasteiger partial charge in [-0.2, -0.15) is 4.31 Å². The van der Waals surface area contributed by atoms with Gasteiger partial charge in [0.25, 0.3) is 0 Å². The molecule has 28 heavy (non-hydrogen) atoms. The molecule has 2 aromatic rings. The number of nitrogens with one attached hydrogen (secondary N) is 1. The van der Waals surface area contributed by atoms with Crippen LogP contribution in [0.1, 0.15) is 23.6 Å². The fraction of sp³-hybridized carbons (Fsp3) is 0.381. The summed E-state index contributed by atoms with van der Waals surface area (Å²) in [5, 5.41) is 2.66. The molecule has 150 valence electrons. The summed E-state index contributed by atoms with van der Waals surface area (Å²) in [4.78, 5) is 13.8. The second kappa shape index (κ2) is 8.43. The molecule has 1 saturated heterocycles. The molecule has 0 aliphatic carbocycles. The van der Waals surface area contributed by atoms with Crippen molar-refractivity contribution in [1.29, 1.82) is 0 Å². The highest BCUT2D eigenvalue weighted by atomic mass is 32.2. The molecule has 3 rings (SSSR count). The molecule has 1 aliphatic heterocycles. The van der Waals surface area contributed by atoms with Crippen LogP contribution in [0.2, 0.25) is 0 Å². The summed E-state index contributed by atoms with van der Waals surface area (Å²) < 4.78 is 27.8. The zero-order valence-electron chi connectivity index (χ0n) is 16.6. The van der Waals surface area contributed by atoms with E-state index in [0.717, 1.165) is 6.54 Å². The van der Waals surface area contributed by atoms with Crippen molar-refractivity contribution in [3.8, 4) is 0 Å². The van der Waals surface area contributed by atoms with E-state index < -0.39 is 10.0 Å². The van der Waals surface area contributed by atoms with Crippen molar-refractivity contribution < 1.29 is 13.2 Å². The van der Waals surface area contributed by atoms with Gasteiger partial charge in [-0.15, -0.1) is 0 Å². The van der Waals surface area contributed by atoms with Crippen molar-refractivity contribution in [2.45, 2.75) is 32.2 Å². The number of rotatable bonds is 5. The van der Waals surface area contributed by atoms with Gasteiger partial charge >= 0.3 is 0 Å². The number of piperazine rings is 1. The number of anilines is 1. The van der Waals surface area contributed by atoms with Crippen LogP contribution in [0.3, 0.4) is 0 Å². The van der Waals surface area contributed by atoms with E-state index in [1.807, 2.05) is 0 Å². The quantitative estimate of drug-likeness (QED) is 0.836. The number of sulfonamides is 1. The SMILES string of the molecule is CC(=O)Nc1ccc(C)c(S(=O)(=O)N2CCN(Cc3cccc(C)c3)CC2)c1. The van der Waals surface area contributed by atoms with Crippen molar-refractivity contribution >= 4 is 21.6 Å². The number of hydrogen-bond donors (Lipinski definition) is 1. The Kier molecular flexibility index (Phi) is 6.17. The summed E-state index contributed by atoms with van der Waals surface area (Å²) >= 11 is 0. The average molecular weight is 402 g/mol. The molecule has 0 spiro atoms. The number of nitrogens with zero attached hydrogens (tertiary/aromatic N) is 2.